The number of nitrogens with zero attached hydrogens (tertiary/aromatic N) is 3. The predicted octanol–water partition coefficient (Wildman–Crippen LogP) is 0.177. The summed E-state index contributed by atoms with van der Waals surface area (Å²) >= 11 is 0. The number of rotatable bonds is 2. The van der Waals surface area contributed by atoms with E-state index in [1.165, 1.54) is 5.69 Å². The van der Waals surface area contributed by atoms with Crippen molar-refractivity contribution >= 4 is 0 Å². The highest BCUT2D eigenvalue weighted by molar-refractivity contribution is 5.14. The average Bonchev–Trinajstić information content (AvgIpc) is 2.59. The van der Waals surface area contributed by atoms with Gasteiger partial charge in [0.15, 0.2) is 0 Å². The van der Waals surface area contributed by atoms with E-state index in [4.69, 9.17) is 5.73 Å². The smallest absolute Gasteiger partial charge is 0.0953 e. The second-order valence-electron chi connectivity index (χ2n) is 3.40. The van der Waals surface area contributed by atoms with Crippen molar-refractivity contribution in [1.29, 1.82) is 0 Å². The zero-order valence-corrected chi connectivity index (χ0v) is 8.03. The van der Waals surface area contributed by atoms with Gasteiger partial charge < -0.3 is 10.3 Å². The van der Waals surface area contributed by atoms with Crippen molar-refractivity contribution in [3.05, 3.63) is 17.7 Å². The summed E-state index contributed by atoms with van der Waals surface area (Å²) < 4.78 is 2.22. The Kier molecular flexibility index (Phi) is 2.33. The topological polar surface area (TPSA) is 47.1 Å². The minimum atomic E-state index is 0.555. The summed E-state index contributed by atoms with van der Waals surface area (Å²) in [6.45, 7) is 7.03. The van der Waals surface area contributed by atoms with Crippen LogP contribution in [-0.4, -0.2) is 27.5 Å². The van der Waals surface area contributed by atoms with Gasteiger partial charge >= 0.3 is 0 Å². The number of imidazole rings is 1. The van der Waals surface area contributed by atoms with Crippen LogP contribution in [0.25, 0.3) is 0 Å². The maximum absolute atomic E-state index is 5.61. The zero-order valence-electron chi connectivity index (χ0n) is 8.03. The Morgan fingerprint density at radius 2 is 2.38 bits per heavy atom. The molecule has 0 unspecified atom stereocenters. The maximum atomic E-state index is 5.61. The van der Waals surface area contributed by atoms with Gasteiger partial charge in [0.1, 0.15) is 0 Å². The fourth-order valence-electron chi connectivity index (χ4n) is 1.80. The third kappa shape index (κ3) is 1.47. The van der Waals surface area contributed by atoms with Gasteiger partial charge in [-0.2, -0.15) is 0 Å². The fourth-order valence-corrected chi connectivity index (χ4v) is 1.80. The number of hydrogen-bond donors (Lipinski definition) is 1. The van der Waals surface area contributed by atoms with Crippen molar-refractivity contribution < 1.29 is 0 Å². The molecule has 2 rings (SSSR count). The van der Waals surface area contributed by atoms with E-state index in [9.17, 15) is 0 Å². The number of likely N-dealkylation sites (N-methyl/N-ethyl adjacent to an activating group) is 1. The lowest BCUT2D eigenvalue weighted by molar-refractivity contribution is 0.231. The molecule has 0 fully saturated rings. The second kappa shape index (κ2) is 3.47. The number of nitrogens with two attached hydrogens (primary N) is 1. The van der Waals surface area contributed by atoms with E-state index >= 15 is 0 Å². The molecule has 0 saturated heterocycles. The van der Waals surface area contributed by atoms with Crippen LogP contribution in [0.15, 0.2) is 6.33 Å². The van der Waals surface area contributed by atoms with Crippen molar-refractivity contribution in [2.75, 3.05) is 13.1 Å². The average molecular weight is 180 g/mol. The Hall–Kier alpha value is -0.870. The minimum absolute atomic E-state index is 0.555. The first kappa shape index (κ1) is 8.72. The number of fused-ring (bicyclic) bond motifs is 1. The Morgan fingerprint density at radius 3 is 3.08 bits per heavy atom. The predicted molar refractivity (Wildman–Crippen MR) is 51.1 cm³/mol. The van der Waals surface area contributed by atoms with Crippen LogP contribution < -0.4 is 5.73 Å². The Bertz CT molecular complexity index is 278. The molecular weight excluding hydrogens is 164 g/mol. The van der Waals surface area contributed by atoms with Crippen LogP contribution in [0.4, 0.5) is 0 Å². The molecule has 2 heterocycles. The minimum Gasteiger partial charge on any atom is -0.332 e. The van der Waals surface area contributed by atoms with Gasteiger partial charge in [-0.05, 0) is 6.54 Å². The molecule has 0 radical (unpaired) electrons. The molecule has 0 bridgehead atoms. The van der Waals surface area contributed by atoms with Crippen LogP contribution in [0.5, 0.6) is 0 Å². The van der Waals surface area contributed by atoms with E-state index in [-0.39, 0.29) is 0 Å². The monoisotopic (exact) mass is 180 g/mol. The van der Waals surface area contributed by atoms with Crippen molar-refractivity contribution in [2.24, 2.45) is 5.73 Å². The summed E-state index contributed by atoms with van der Waals surface area (Å²) in [5, 5.41) is 0. The van der Waals surface area contributed by atoms with Crippen LogP contribution in [-0.2, 0) is 19.6 Å². The summed E-state index contributed by atoms with van der Waals surface area (Å²) in [5.74, 6) is 0. The first-order chi connectivity index (χ1) is 6.35. The largest absolute Gasteiger partial charge is 0.332 e. The van der Waals surface area contributed by atoms with Gasteiger partial charge in [-0.15, -0.1) is 0 Å². The maximum Gasteiger partial charge on any atom is 0.0953 e. The normalized spacial score (nSPS) is 17.4. The van der Waals surface area contributed by atoms with Gasteiger partial charge in [-0.25, -0.2) is 4.98 Å². The number of hydrogen-bond acceptors (Lipinski definition) is 3. The lowest BCUT2D eigenvalue weighted by Crippen LogP contribution is -2.33. The molecule has 4 heteroatoms. The third-order valence-corrected chi connectivity index (χ3v) is 2.70. The van der Waals surface area contributed by atoms with E-state index in [1.807, 2.05) is 6.33 Å². The SMILES string of the molecule is CCN1CCn2cnc(CN)c2C1. The van der Waals surface area contributed by atoms with Crippen molar-refractivity contribution in [2.45, 2.75) is 26.6 Å². The van der Waals surface area contributed by atoms with Crippen LogP contribution in [0, 0.1) is 0 Å². The lowest BCUT2D eigenvalue weighted by atomic mass is 10.2. The van der Waals surface area contributed by atoms with Crippen molar-refractivity contribution in [1.82, 2.24) is 14.5 Å². The van der Waals surface area contributed by atoms with Crippen LogP contribution in [0.3, 0.4) is 0 Å². The molecule has 1 aliphatic rings. The van der Waals surface area contributed by atoms with Gasteiger partial charge in [0.2, 0.25) is 0 Å². The highest BCUT2D eigenvalue weighted by atomic mass is 15.2. The Labute approximate surface area is 78.4 Å². The van der Waals surface area contributed by atoms with E-state index in [0.29, 0.717) is 6.54 Å². The molecule has 0 aliphatic carbocycles. The molecule has 1 aromatic rings. The Balaban J connectivity index is 2.25. The molecule has 1 aliphatic heterocycles. The van der Waals surface area contributed by atoms with E-state index in [0.717, 1.165) is 31.9 Å². The van der Waals surface area contributed by atoms with Gasteiger partial charge in [0, 0.05) is 26.2 Å². The standard InChI is InChI=1S/C9H16N4/c1-2-12-3-4-13-7-11-8(5-10)9(13)6-12/h7H,2-6,10H2,1H3. The van der Waals surface area contributed by atoms with Gasteiger partial charge in [-0.3, -0.25) is 4.90 Å². The fraction of sp³-hybridized carbons (Fsp3) is 0.667. The van der Waals surface area contributed by atoms with Crippen molar-refractivity contribution in [3.63, 3.8) is 0 Å². The first-order valence-electron chi connectivity index (χ1n) is 4.80. The Morgan fingerprint density at radius 1 is 1.54 bits per heavy atom. The van der Waals surface area contributed by atoms with Gasteiger partial charge in [0.25, 0.3) is 0 Å². The molecule has 1 aromatic heterocycles. The second-order valence-corrected chi connectivity index (χ2v) is 3.40. The van der Waals surface area contributed by atoms with E-state index in [1.54, 1.807) is 0 Å². The molecule has 0 aromatic carbocycles. The number of aromatic nitrogens is 2. The van der Waals surface area contributed by atoms with Crippen LogP contribution in [0.1, 0.15) is 18.3 Å². The summed E-state index contributed by atoms with van der Waals surface area (Å²) in [5.41, 5.74) is 7.97. The van der Waals surface area contributed by atoms with Crippen LogP contribution in [0.2, 0.25) is 0 Å². The first-order valence-corrected chi connectivity index (χ1v) is 4.80. The summed E-state index contributed by atoms with van der Waals surface area (Å²) in [6.07, 6.45) is 1.91. The molecule has 13 heavy (non-hydrogen) atoms. The quantitative estimate of drug-likeness (QED) is 0.706. The molecule has 0 amide bonds. The van der Waals surface area contributed by atoms with E-state index in [2.05, 4.69) is 21.4 Å². The molecular formula is C9H16N4. The summed E-state index contributed by atoms with van der Waals surface area (Å²) in [6, 6.07) is 0. The third-order valence-electron chi connectivity index (χ3n) is 2.70. The highest BCUT2D eigenvalue weighted by Gasteiger charge is 2.17. The van der Waals surface area contributed by atoms with Gasteiger partial charge in [-0.1, -0.05) is 6.92 Å². The summed E-state index contributed by atoms with van der Waals surface area (Å²) in [7, 11) is 0. The summed E-state index contributed by atoms with van der Waals surface area (Å²) in [4.78, 5) is 6.71. The molecule has 2 N–H and O–H groups in total. The zero-order chi connectivity index (χ0) is 9.26. The van der Waals surface area contributed by atoms with Gasteiger partial charge in [0.05, 0.1) is 17.7 Å². The highest BCUT2D eigenvalue weighted by Crippen LogP contribution is 2.15. The van der Waals surface area contributed by atoms with Crippen molar-refractivity contribution in [3.8, 4) is 0 Å². The molecule has 0 spiro atoms. The molecule has 0 atom stereocenters. The molecule has 4 nitrogen and oxygen atoms in total. The van der Waals surface area contributed by atoms with E-state index < -0.39 is 0 Å². The van der Waals surface area contributed by atoms with Crippen LogP contribution >= 0.6 is 0 Å². The molecule has 0 saturated carbocycles. The molecule has 72 valence electrons. The lowest BCUT2D eigenvalue weighted by Gasteiger charge is -2.27.